The maximum atomic E-state index is 11.3. The smallest absolute Gasteiger partial charge is 0.267 e. The highest BCUT2D eigenvalue weighted by Crippen LogP contribution is 2.24. The maximum Gasteiger partial charge on any atom is 0.267 e. The minimum absolute atomic E-state index is 0.525. The molecule has 0 unspecified atom stereocenters. The van der Waals surface area contributed by atoms with Gasteiger partial charge in [-0.05, 0) is 34.8 Å². The highest BCUT2D eigenvalue weighted by molar-refractivity contribution is 5.91. The maximum absolute atomic E-state index is 11.3. The van der Waals surface area contributed by atoms with E-state index in [1.54, 1.807) is 11.6 Å². The second-order valence-electron chi connectivity index (χ2n) is 7.53. The lowest BCUT2D eigenvalue weighted by molar-refractivity contribution is -0.124. The molecule has 1 heterocycles. The normalized spacial score (nSPS) is 15.4. The molecule has 1 saturated heterocycles. The number of nitrogens with one attached hydrogen (secondary N) is 1. The number of nitrogens with zero attached hydrogens (tertiary/aromatic N) is 2. The summed E-state index contributed by atoms with van der Waals surface area (Å²) in [6, 6.07) is 17.0. The zero-order valence-electron chi connectivity index (χ0n) is 16.6. The molecular formula is C23H29N3O2. The summed E-state index contributed by atoms with van der Waals surface area (Å²) in [5.41, 5.74) is 6.46. The fourth-order valence-electron chi connectivity index (χ4n) is 3.53. The fourth-order valence-corrected chi connectivity index (χ4v) is 3.53. The molecule has 1 aliphatic rings. The van der Waals surface area contributed by atoms with Crippen LogP contribution in [0.3, 0.4) is 0 Å². The van der Waals surface area contributed by atoms with Gasteiger partial charge in [-0.15, -0.1) is 0 Å². The molecule has 0 bridgehead atoms. The van der Waals surface area contributed by atoms with E-state index in [1.165, 1.54) is 17.2 Å². The van der Waals surface area contributed by atoms with Crippen LogP contribution < -0.4 is 10.4 Å². The van der Waals surface area contributed by atoms with Crippen molar-refractivity contribution >= 4 is 17.7 Å². The second kappa shape index (κ2) is 9.53. The number of hydrogen-bond acceptors (Lipinski definition) is 4. The Balaban J connectivity index is 1.60. The average molecular weight is 380 g/mol. The standard InChI is InChI=1S/C23H29N3O2/c1-18(2)20-9-7-19(8-10-20)17-25-13-15-26(16-14-25)22-6-4-3-5-21(22)11-12-23(27)24-28/h3-12,18,28H,13-17H2,1-2H3,(H,24,27). The Kier molecular flexibility index (Phi) is 6.85. The molecule has 3 rings (SSSR count). The van der Waals surface area contributed by atoms with Gasteiger partial charge in [0.25, 0.3) is 5.91 Å². The summed E-state index contributed by atoms with van der Waals surface area (Å²) < 4.78 is 0. The lowest BCUT2D eigenvalue weighted by Gasteiger charge is -2.36. The molecular weight excluding hydrogens is 350 g/mol. The van der Waals surface area contributed by atoms with E-state index in [4.69, 9.17) is 5.21 Å². The molecule has 0 atom stereocenters. The molecule has 28 heavy (non-hydrogen) atoms. The topological polar surface area (TPSA) is 55.8 Å². The molecule has 148 valence electrons. The van der Waals surface area contributed by atoms with E-state index in [1.807, 2.05) is 18.2 Å². The first-order valence-electron chi connectivity index (χ1n) is 9.84. The number of carbonyl (C=O) groups is 1. The van der Waals surface area contributed by atoms with Gasteiger partial charge in [0.05, 0.1) is 0 Å². The SMILES string of the molecule is CC(C)c1ccc(CN2CCN(c3ccccc3C=CC(=O)NO)CC2)cc1. The van der Waals surface area contributed by atoms with Crippen LogP contribution >= 0.6 is 0 Å². The third kappa shape index (κ3) is 5.21. The van der Waals surface area contributed by atoms with Crippen LogP contribution in [0.5, 0.6) is 0 Å². The van der Waals surface area contributed by atoms with E-state index in [9.17, 15) is 4.79 Å². The Labute approximate surface area is 167 Å². The molecule has 5 heteroatoms. The van der Waals surface area contributed by atoms with E-state index in [0.717, 1.165) is 44.0 Å². The molecule has 2 aromatic rings. The average Bonchev–Trinajstić information content (AvgIpc) is 2.73. The molecule has 0 saturated carbocycles. The number of piperazine rings is 1. The second-order valence-corrected chi connectivity index (χ2v) is 7.53. The Morgan fingerprint density at radius 2 is 1.75 bits per heavy atom. The van der Waals surface area contributed by atoms with Crippen molar-refractivity contribution < 1.29 is 10.0 Å². The van der Waals surface area contributed by atoms with Crippen LogP contribution in [-0.2, 0) is 11.3 Å². The van der Waals surface area contributed by atoms with Gasteiger partial charge >= 0.3 is 0 Å². The van der Waals surface area contributed by atoms with Crippen molar-refractivity contribution in [3.05, 3.63) is 71.3 Å². The first-order chi connectivity index (χ1) is 13.6. The van der Waals surface area contributed by atoms with Crippen LogP contribution in [0.1, 0.15) is 36.5 Å². The van der Waals surface area contributed by atoms with E-state index >= 15 is 0 Å². The van der Waals surface area contributed by atoms with Crippen molar-refractivity contribution in [2.24, 2.45) is 0 Å². The third-order valence-corrected chi connectivity index (χ3v) is 5.23. The van der Waals surface area contributed by atoms with Crippen LogP contribution in [0.4, 0.5) is 5.69 Å². The molecule has 0 spiro atoms. The lowest BCUT2D eigenvalue weighted by Crippen LogP contribution is -2.46. The van der Waals surface area contributed by atoms with Gasteiger partial charge < -0.3 is 4.90 Å². The van der Waals surface area contributed by atoms with Gasteiger partial charge in [0.1, 0.15) is 0 Å². The van der Waals surface area contributed by atoms with Gasteiger partial charge in [-0.3, -0.25) is 14.9 Å². The first-order valence-corrected chi connectivity index (χ1v) is 9.84. The predicted octanol–water partition coefficient (Wildman–Crippen LogP) is 3.65. The number of hydroxylamine groups is 1. The lowest BCUT2D eigenvalue weighted by atomic mass is 10.0. The van der Waals surface area contributed by atoms with E-state index < -0.39 is 5.91 Å². The van der Waals surface area contributed by atoms with Crippen molar-refractivity contribution in [3.8, 4) is 0 Å². The van der Waals surface area contributed by atoms with Gasteiger partial charge in [0, 0.05) is 44.5 Å². The molecule has 0 aromatic heterocycles. The zero-order valence-corrected chi connectivity index (χ0v) is 16.6. The van der Waals surface area contributed by atoms with Gasteiger partial charge in [-0.1, -0.05) is 56.3 Å². The van der Waals surface area contributed by atoms with Crippen LogP contribution in [0.25, 0.3) is 6.08 Å². The fraction of sp³-hybridized carbons (Fsp3) is 0.348. The number of amides is 1. The number of anilines is 1. The predicted molar refractivity (Wildman–Crippen MR) is 113 cm³/mol. The first kappa shape index (κ1) is 20.1. The third-order valence-electron chi connectivity index (χ3n) is 5.23. The summed E-state index contributed by atoms with van der Waals surface area (Å²) in [7, 11) is 0. The van der Waals surface area contributed by atoms with Crippen molar-refractivity contribution in [1.29, 1.82) is 0 Å². The van der Waals surface area contributed by atoms with Crippen LogP contribution in [0.2, 0.25) is 0 Å². The number of hydrogen-bond donors (Lipinski definition) is 2. The van der Waals surface area contributed by atoms with Gasteiger partial charge in [-0.2, -0.15) is 0 Å². The van der Waals surface area contributed by atoms with E-state index in [2.05, 4.69) is 54.0 Å². The Morgan fingerprint density at radius 3 is 2.39 bits per heavy atom. The van der Waals surface area contributed by atoms with Crippen molar-refractivity contribution in [2.45, 2.75) is 26.3 Å². The summed E-state index contributed by atoms with van der Waals surface area (Å²) in [6.45, 7) is 9.31. The summed E-state index contributed by atoms with van der Waals surface area (Å²) >= 11 is 0. The summed E-state index contributed by atoms with van der Waals surface area (Å²) in [6.07, 6.45) is 3.08. The van der Waals surface area contributed by atoms with Gasteiger partial charge in [0.15, 0.2) is 0 Å². The van der Waals surface area contributed by atoms with Crippen molar-refractivity contribution in [3.63, 3.8) is 0 Å². The van der Waals surface area contributed by atoms with Crippen LogP contribution in [0.15, 0.2) is 54.6 Å². The van der Waals surface area contributed by atoms with E-state index in [-0.39, 0.29) is 0 Å². The van der Waals surface area contributed by atoms with Crippen LogP contribution in [0, 0.1) is 0 Å². The number of rotatable bonds is 6. The molecule has 2 aromatic carbocycles. The Bertz CT molecular complexity index is 807. The largest absolute Gasteiger partial charge is 0.368 e. The Morgan fingerprint density at radius 1 is 1.07 bits per heavy atom. The summed E-state index contributed by atoms with van der Waals surface area (Å²) in [5, 5.41) is 8.66. The quantitative estimate of drug-likeness (QED) is 0.457. The monoisotopic (exact) mass is 379 g/mol. The highest BCUT2D eigenvalue weighted by atomic mass is 16.5. The van der Waals surface area contributed by atoms with E-state index in [0.29, 0.717) is 5.92 Å². The summed E-state index contributed by atoms with van der Waals surface area (Å²) in [4.78, 5) is 16.1. The molecule has 0 aliphatic carbocycles. The molecule has 2 N–H and O–H groups in total. The number of benzene rings is 2. The molecule has 0 radical (unpaired) electrons. The van der Waals surface area contributed by atoms with Gasteiger partial charge in [-0.25, -0.2) is 5.48 Å². The van der Waals surface area contributed by atoms with Crippen molar-refractivity contribution in [2.75, 3.05) is 31.1 Å². The minimum Gasteiger partial charge on any atom is -0.368 e. The molecule has 1 fully saturated rings. The minimum atomic E-state index is -0.525. The number of carbonyl (C=O) groups excluding carboxylic acids is 1. The molecule has 5 nitrogen and oxygen atoms in total. The van der Waals surface area contributed by atoms with Crippen molar-refractivity contribution in [1.82, 2.24) is 10.4 Å². The highest BCUT2D eigenvalue weighted by Gasteiger charge is 2.18. The zero-order chi connectivity index (χ0) is 19.9. The van der Waals surface area contributed by atoms with Gasteiger partial charge in [0.2, 0.25) is 0 Å². The number of para-hydroxylation sites is 1. The van der Waals surface area contributed by atoms with Crippen LogP contribution in [-0.4, -0.2) is 42.2 Å². The molecule has 1 aliphatic heterocycles. The Hall–Kier alpha value is -2.63. The molecule has 1 amide bonds. The summed E-state index contributed by atoms with van der Waals surface area (Å²) in [5.74, 6) is 0.0401.